The Balaban J connectivity index is 1.56. The van der Waals surface area contributed by atoms with Gasteiger partial charge in [-0.25, -0.2) is 20.0 Å². The van der Waals surface area contributed by atoms with Crippen molar-refractivity contribution in [2.24, 2.45) is 4.99 Å². The van der Waals surface area contributed by atoms with Gasteiger partial charge in [0, 0.05) is 17.6 Å². The lowest BCUT2D eigenvalue weighted by atomic mass is 10.2. The first kappa shape index (κ1) is 16.4. The number of nitrogens with zero attached hydrogens (tertiary/aromatic N) is 5. The zero-order chi connectivity index (χ0) is 17.8. The predicted molar refractivity (Wildman–Crippen MR) is 91.2 cm³/mol. The number of alkyl halides is 3. The third-order valence-corrected chi connectivity index (χ3v) is 5.78. The molecule has 25 heavy (non-hydrogen) atoms. The number of aliphatic imine (C=N–C) groups is 1. The Kier molecular flexibility index (Phi) is 3.78. The molecular weight excluding hydrogens is 351 g/mol. The minimum Gasteiger partial charge on any atom is -0.344 e. The lowest BCUT2D eigenvalue weighted by molar-refractivity contribution is -0.166. The van der Waals surface area contributed by atoms with E-state index < -0.39 is 12.2 Å². The fourth-order valence-electron chi connectivity index (χ4n) is 3.30. The standard InChI is InChI=1S/C16H18F3N5S/c1-10-11(2)25-15(20-10)24-9-6-14-21-13(5-8-23(14)24)22-7-3-4-12(22)16(17,18)19/h5-6,8,12H,3-4,7,9H2,1-2H3/t12-/m0/s1. The predicted octanol–water partition coefficient (Wildman–Crippen LogP) is 3.59. The van der Waals surface area contributed by atoms with E-state index in [0.717, 1.165) is 15.7 Å². The second kappa shape index (κ2) is 5.76. The average Bonchev–Trinajstić information content (AvgIpc) is 3.25. The Labute approximate surface area is 147 Å². The Morgan fingerprint density at radius 2 is 2.08 bits per heavy atom. The quantitative estimate of drug-likeness (QED) is 0.758. The number of aryl methyl sites for hydroxylation is 2. The highest BCUT2D eigenvalue weighted by atomic mass is 32.1. The van der Waals surface area contributed by atoms with Crippen molar-refractivity contribution in [2.45, 2.75) is 38.9 Å². The molecule has 1 saturated heterocycles. The van der Waals surface area contributed by atoms with Gasteiger partial charge in [-0.3, -0.25) is 0 Å². The van der Waals surface area contributed by atoms with E-state index in [1.165, 1.54) is 4.90 Å². The topological polar surface area (TPSA) is 35.0 Å². The molecule has 1 atom stereocenters. The molecule has 1 fully saturated rings. The van der Waals surface area contributed by atoms with E-state index in [4.69, 9.17) is 0 Å². The van der Waals surface area contributed by atoms with Crippen molar-refractivity contribution in [1.29, 1.82) is 0 Å². The first-order valence-electron chi connectivity index (χ1n) is 8.16. The maximum atomic E-state index is 13.2. The Bertz CT molecular complexity index is 760. The second-order valence-electron chi connectivity index (χ2n) is 6.31. The molecule has 1 aromatic rings. The summed E-state index contributed by atoms with van der Waals surface area (Å²) in [6.07, 6.45) is 1.78. The van der Waals surface area contributed by atoms with E-state index in [1.54, 1.807) is 23.6 Å². The van der Waals surface area contributed by atoms with Crippen molar-refractivity contribution < 1.29 is 13.2 Å². The Morgan fingerprint density at radius 3 is 2.76 bits per heavy atom. The summed E-state index contributed by atoms with van der Waals surface area (Å²) in [5.41, 5.74) is 0.990. The van der Waals surface area contributed by atoms with Gasteiger partial charge in [-0.05, 0) is 38.8 Å². The van der Waals surface area contributed by atoms with Crippen molar-refractivity contribution in [2.75, 3.05) is 18.1 Å². The molecule has 0 spiro atoms. The molecule has 0 bridgehead atoms. The minimum atomic E-state index is -4.23. The highest BCUT2D eigenvalue weighted by Gasteiger charge is 2.47. The minimum absolute atomic E-state index is 0.128. The number of likely N-dealkylation sites (tertiary alicyclic amines) is 1. The lowest BCUT2D eigenvalue weighted by Gasteiger charge is -2.33. The van der Waals surface area contributed by atoms with E-state index in [0.29, 0.717) is 31.2 Å². The van der Waals surface area contributed by atoms with Gasteiger partial charge in [0.2, 0.25) is 5.13 Å². The first-order chi connectivity index (χ1) is 11.8. The van der Waals surface area contributed by atoms with Crippen molar-refractivity contribution in [3.63, 3.8) is 0 Å². The van der Waals surface area contributed by atoms with Gasteiger partial charge in [0.1, 0.15) is 11.9 Å². The number of thiazole rings is 1. The largest absolute Gasteiger partial charge is 0.408 e. The van der Waals surface area contributed by atoms with Gasteiger partial charge >= 0.3 is 6.18 Å². The van der Waals surface area contributed by atoms with Crippen molar-refractivity contribution in [3.05, 3.63) is 34.7 Å². The number of hydrogen-bond acceptors (Lipinski definition) is 6. The smallest absolute Gasteiger partial charge is 0.344 e. The molecule has 0 amide bonds. The summed E-state index contributed by atoms with van der Waals surface area (Å²) < 4.78 is 39.6. The fraction of sp³-hybridized carbons (Fsp3) is 0.500. The molecule has 5 nitrogen and oxygen atoms in total. The fourth-order valence-corrected chi connectivity index (χ4v) is 4.21. The molecule has 0 unspecified atom stereocenters. The van der Waals surface area contributed by atoms with Crippen LogP contribution < -0.4 is 5.01 Å². The normalized spacial score (nSPS) is 23.2. The highest BCUT2D eigenvalue weighted by Crippen LogP contribution is 2.36. The van der Waals surface area contributed by atoms with Crippen LogP contribution in [0.2, 0.25) is 0 Å². The first-order valence-corrected chi connectivity index (χ1v) is 8.97. The van der Waals surface area contributed by atoms with Crippen LogP contribution in [0.4, 0.5) is 18.3 Å². The summed E-state index contributed by atoms with van der Waals surface area (Å²) in [4.78, 5) is 11.5. The maximum absolute atomic E-state index is 13.2. The van der Waals surface area contributed by atoms with Crippen LogP contribution in [0, 0.1) is 13.8 Å². The SMILES string of the molecule is Cc1nc(N2CC=C3N=C(N4CCC[C@H]4C(F)(F)F)C=CN32)sc1C. The molecule has 4 rings (SSSR count). The number of amidine groups is 1. The lowest BCUT2D eigenvalue weighted by Crippen LogP contribution is -2.45. The second-order valence-corrected chi connectivity index (χ2v) is 7.49. The zero-order valence-corrected chi connectivity index (χ0v) is 14.7. The maximum Gasteiger partial charge on any atom is 0.408 e. The summed E-state index contributed by atoms with van der Waals surface area (Å²) in [6, 6.07) is -1.44. The van der Waals surface area contributed by atoms with Gasteiger partial charge in [-0.2, -0.15) is 13.2 Å². The van der Waals surface area contributed by atoms with Crippen LogP contribution in [0.15, 0.2) is 29.2 Å². The molecule has 0 aromatic carbocycles. The van der Waals surface area contributed by atoms with Crippen LogP contribution in [-0.4, -0.2) is 46.0 Å². The number of rotatable bonds is 1. The number of anilines is 1. The third-order valence-electron chi connectivity index (χ3n) is 4.70. The molecule has 0 aliphatic carbocycles. The zero-order valence-electron chi connectivity index (χ0n) is 13.9. The molecule has 9 heteroatoms. The van der Waals surface area contributed by atoms with Crippen molar-refractivity contribution >= 4 is 22.3 Å². The molecule has 0 N–H and O–H groups in total. The van der Waals surface area contributed by atoms with Crippen molar-refractivity contribution in [3.8, 4) is 0 Å². The van der Waals surface area contributed by atoms with Gasteiger partial charge in [0.15, 0.2) is 5.82 Å². The summed E-state index contributed by atoms with van der Waals surface area (Å²) in [5.74, 6) is 1.03. The van der Waals surface area contributed by atoms with Gasteiger partial charge in [0.05, 0.1) is 12.2 Å². The Hall–Kier alpha value is -2.03. The molecule has 3 aliphatic heterocycles. The monoisotopic (exact) mass is 369 g/mol. The van der Waals surface area contributed by atoms with Crippen molar-refractivity contribution in [1.82, 2.24) is 14.9 Å². The van der Waals surface area contributed by atoms with Crippen LogP contribution in [0.3, 0.4) is 0 Å². The average molecular weight is 369 g/mol. The van der Waals surface area contributed by atoms with E-state index >= 15 is 0 Å². The molecule has 0 radical (unpaired) electrons. The van der Waals surface area contributed by atoms with Gasteiger partial charge < -0.3 is 4.90 Å². The van der Waals surface area contributed by atoms with E-state index in [-0.39, 0.29) is 6.42 Å². The van der Waals surface area contributed by atoms with Crippen LogP contribution >= 0.6 is 11.3 Å². The highest BCUT2D eigenvalue weighted by molar-refractivity contribution is 7.15. The molecule has 134 valence electrons. The number of hydrogen-bond donors (Lipinski definition) is 0. The molecule has 3 aliphatic rings. The van der Waals surface area contributed by atoms with Gasteiger partial charge in [-0.1, -0.05) is 0 Å². The molecule has 4 heterocycles. The number of hydrazine groups is 1. The van der Waals surface area contributed by atoms with Crippen LogP contribution in [0.25, 0.3) is 0 Å². The van der Waals surface area contributed by atoms with E-state index in [1.807, 2.05) is 29.9 Å². The summed E-state index contributed by atoms with van der Waals surface area (Å²) in [7, 11) is 0. The number of fused-ring (bicyclic) bond motifs is 1. The van der Waals surface area contributed by atoms with E-state index in [9.17, 15) is 13.2 Å². The third kappa shape index (κ3) is 2.80. The number of halogens is 3. The molecule has 0 saturated carbocycles. The van der Waals surface area contributed by atoms with Gasteiger partial charge in [0.25, 0.3) is 0 Å². The summed E-state index contributed by atoms with van der Waals surface area (Å²) in [6.45, 7) is 4.97. The Morgan fingerprint density at radius 1 is 1.28 bits per heavy atom. The summed E-state index contributed by atoms with van der Waals surface area (Å²) in [5, 5.41) is 4.68. The van der Waals surface area contributed by atoms with E-state index in [2.05, 4.69) is 9.98 Å². The van der Waals surface area contributed by atoms with Crippen LogP contribution in [0.5, 0.6) is 0 Å². The van der Waals surface area contributed by atoms with Gasteiger partial charge in [-0.15, -0.1) is 11.3 Å². The molecular formula is C16H18F3N5S. The van der Waals surface area contributed by atoms with Crippen LogP contribution in [0.1, 0.15) is 23.4 Å². The molecule has 1 aromatic heterocycles. The number of aromatic nitrogens is 1. The summed E-state index contributed by atoms with van der Waals surface area (Å²) >= 11 is 1.60. The van der Waals surface area contributed by atoms with Crippen LogP contribution in [-0.2, 0) is 0 Å².